The molecule has 138 valence electrons. The van der Waals surface area contributed by atoms with Gasteiger partial charge in [0, 0.05) is 0 Å². The lowest BCUT2D eigenvalue weighted by Gasteiger charge is -2.15. The van der Waals surface area contributed by atoms with Crippen LogP contribution in [0.25, 0.3) is 0 Å². The van der Waals surface area contributed by atoms with Crippen LogP contribution in [0.15, 0.2) is 24.3 Å². The van der Waals surface area contributed by atoms with Crippen molar-refractivity contribution in [2.24, 2.45) is 0 Å². The van der Waals surface area contributed by atoms with Gasteiger partial charge in [-0.15, -0.1) is 0 Å². The molecular formula is C18H30O5S. The minimum Gasteiger partial charge on any atom is -0.247 e. The SMILES string of the molecule is CCCCCCCCc1ccccc1C(C)OOS(=O)(=O)OCC. The molecule has 5 nitrogen and oxygen atoms in total. The lowest BCUT2D eigenvalue weighted by atomic mass is 9.98. The van der Waals surface area contributed by atoms with Crippen LogP contribution in [0.4, 0.5) is 0 Å². The summed E-state index contributed by atoms with van der Waals surface area (Å²) in [6, 6.07) is 7.89. The minimum absolute atomic E-state index is 0.00862. The highest BCUT2D eigenvalue weighted by molar-refractivity contribution is 7.81. The molecule has 0 heterocycles. The van der Waals surface area contributed by atoms with E-state index in [1.165, 1.54) is 32.1 Å². The number of unbranched alkanes of at least 4 members (excludes halogenated alkanes) is 5. The molecule has 24 heavy (non-hydrogen) atoms. The first-order chi connectivity index (χ1) is 11.5. The van der Waals surface area contributed by atoms with Crippen LogP contribution in [0.5, 0.6) is 0 Å². The third-order valence-electron chi connectivity index (χ3n) is 3.82. The molecule has 0 saturated carbocycles. The maximum Gasteiger partial charge on any atom is 0.426 e. The van der Waals surface area contributed by atoms with E-state index < -0.39 is 16.5 Å². The Hall–Kier alpha value is -0.950. The second-order valence-corrected chi connectivity index (χ2v) is 7.03. The molecule has 0 spiro atoms. The standard InChI is InChI=1S/C18H30O5S/c1-4-6-7-8-9-10-13-17-14-11-12-15-18(17)16(3)22-23-24(19,20)21-5-2/h11-12,14-16H,4-10,13H2,1-3H3. The fourth-order valence-corrected chi connectivity index (χ4v) is 3.12. The summed E-state index contributed by atoms with van der Waals surface area (Å²) in [4.78, 5) is 5.03. The Bertz CT molecular complexity index is 556. The smallest absolute Gasteiger partial charge is 0.247 e. The van der Waals surface area contributed by atoms with Gasteiger partial charge in [0.05, 0.1) is 6.61 Å². The molecule has 1 aromatic carbocycles. The quantitative estimate of drug-likeness (QED) is 0.286. The van der Waals surface area contributed by atoms with Crippen LogP contribution in [0.2, 0.25) is 0 Å². The highest BCUT2D eigenvalue weighted by Gasteiger charge is 2.17. The zero-order valence-corrected chi connectivity index (χ0v) is 15.8. The zero-order valence-electron chi connectivity index (χ0n) is 15.0. The average molecular weight is 359 g/mol. The Morgan fingerprint density at radius 2 is 1.67 bits per heavy atom. The van der Waals surface area contributed by atoms with Crippen molar-refractivity contribution < 1.29 is 21.8 Å². The van der Waals surface area contributed by atoms with Crippen LogP contribution in [0, 0.1) is 0 Å². The summed E-state index contributed by atoms with van der Waals surface area (Å²) in [6.45, 7) is 5.56. The maximum absolute atomic E-state index is 11.4. The fraction of sp³-hybridized carbons (Fsp3) is 0.667. The topological polar surface area (TPSA) is 61.8 Å². The fourth-order valence-electron chi connectivity index (χ4n) is 2.58. The van der Waals surface area contributed by atoms with Gasteiger partial charge in [0.25, 0.3) is 0 Å². The Balaban J connectivity index is 2.52. The van der Waals surface area contributed by atoms with Crippen molar-refractivity contribution in [2.45, 2.75) is 71.8 Å². The summed E-state index contributed by atoms with van der Waals surface area (Å²) in [5.41, 5.74) is 2.11. The number of hydrogen-bond donors (Lipinski definition) is 0. The third kappa shape index (κ3) is 8.24. The first-order valence-electron chi connectivity index (χ1n) is 8.82. The highest BCUT2D eigenvalue weighted by atomic mass is 32.3. The number of aryl methyl sites for hydroxylation is 1. The largest absolute Gasteiger partial charge is 0.426 e. The average Bonchev–Trinajstić information content (AvgIpc) is 2.56. The molecule has 6 heteroatoms. The zero-order chi connectivity index (χ0) is 17.8. The Labute approximate surface area is 146 Å². The Morgan fingerprint density at radius 1 is 1.00 bits per heavy atom. The Kier molecular flexibility index (Phi) is 10.2. The van der Waals surface area contributed by atoms with Gasteiger partial charge in [-0.3, -0.25) is 0 Å². The lowest BCUT2D eigenvalue weighted by molar-refractivity contribution is -0.245. The molecule has 0 N–H and O–H groups in total. The van der Waals surface area contributed by atoms with Crippen LogP contribution in [-0.4, -0.2) is 15.0 Å². The van der Waals surface area contributed by atoms with E-state index in [1.54, 1.807) is 13.8 Å². The summed E-state index contributed by atoms with van der Waals surface area (Å²) in [5, 5.41) is 0. The molecule has 0 aromatic heterocycles. The van der Waals surface area contributed by atoms with E-state index in [2.05, 4.69) is 21.5 Å². The van der Waals surface area contributed by atoms with Crippen molar-refractivity contribution in [2.75, 3.05) is 6.61 Å². The van der Waals surface area contributed by atoms with Gasteiger partial charge in [-0.1, -0.05) is 67.6 Å². The van der Waals surface area contributed by atoms with E-state index in [9.17, 15) is 8.42 Å². The first kappa shape index (κ1) is 21.1. The summed E-state index contributed by atoms with van der Waals surface area (Å²) >= 11 is 0. The van der Waals surface area contributed by atoms with Gasteiger partial charge in [0.1, 0.15) is 6.10 Å². The molecule has 1 aromatic rings. The molecule has 0 aliphatic carbocycles. The van der Waals surface area contributed by atoms with E-state index in [0.29, 0.717) is 0 Å². The van der Waals surface area contributed by atoms with Crippen molar-refractivity contribution in [3.63, 3.8) is 0 Å². The molecule has 0 amide bonds. The molecule has 0 fully saturated rings. The van der Waals surface area contributed by atoms with E-state index in [1.807, 2.05) is 18.2 Å². The van der Waals surface area contributed by atoms with Crippen LogP contribution >= 0.6 is 0 Å². The second kappa shape index (κ2) is 11.6. The summed E-state index contributed by atoms with van der Waals surface area (Å²) < 4.78 is 31.7. The molecule has 0 radical (unpaired) electrons. The van der Waals surface area contributed by atoms with Gasteiger partial charge in [0.2, 0.25) is 0 Å². The van der Waals surface area contributed by atoms with E-state index in [4.69, 9.17) is 4.89 Å². The number of rotatable bonds is 13. The summed E-state index contributed by atoms with van der Waals surface area (Å²) in [7, 11) is -4.10. The summed E-state index contributed by atoms with van der Waals surface area (Å²) in [5.74, 6) is 0. The van der Waals surface area contributed by atoms with Crippen LogP contribution in [0.3, 0.4) is 0 Å². The molecule has 1 unspecified atom stereocenters. The van der Waals surface area contributed by atoms with Gasteiger partial charge >= 0.3 is 10.4 Å². The summed E-state index contributed by atoms with van der Waals surface area (Å²) in [6.07, 6.45) is 7.89. The van der Waals surface area contributed by atoms with Crippen LogP contribution in [-0.2, 0) is 30.2 Å². The number of benzene rings is 1. The van der Waals surface area contributed by atoms with Gasteiger partial charge in [0.15, 0.2) is 0 Å². The van der Waals surface area contributed by atoms with Gasteiger partial charge < -0.3 is 0 Å². The predicted molar refractivity (Wildman–Crippen MR) is 94.7 cm³/mol. The van der Waals surface area contributed by atoms with E-state index >= 15 is 0 Å². The van der Waals surface area contributed by atoms with E-state index in [-0.39, 0.29) is 6.61 Å². The van der Waals surface area contributed by atoms with Crippen molar-refractivity contribution >= 4 is 10.4 Å². The lowest BCUT2D eigenvalue weighted by Crippen LogP contribution is -2.13. The Morgan fingerprint density at radius 3 is 2.38 bits per heavy atom. The van der Waals surface area contributed by atoms with Crippen molar-refractivity contribution in [3.8, 4) is 0 Å². The van der Waals surface area contributed by atoms with Crippen LogP contribution < -0.4 is 0 Å². The molecule has 1 atom stereocenters. The second-order valence-electron chi connectivity index (χ2n) is 5.84. The van der Waals surface area contributed by atoms with Gasteiger partial charge in [-0.25, -0.2) is 9.07 Å². The number of hydrogen-bond acceptors (Lipinski definition) is 5. The minimum atomic E-state index is -4.10. The monoisotopic (exact) mass is 358 g/mol. The third-order valence-corrected chi connectivity index (χ3v) is 4.59. The van der Waals surface area contributed by atoms with E-state index in [0.717, 1.165) is 24.0 Å². The molecule has 0 aliphatic heterocycles. The first-order valence-corrected chi connectivity index (χ1v) is 10.2. The molecular weight excluding hydrogens is 328 g/mol. The normalized spacial score (nSPS) is 13.1. The van der Waals surface area contributed by atoms with Crippen molar-refractivity contribution in [1.29, 1.82) is 0 Å². The van der Waals surface area contributed by atoms with Crippen molar-refractivity contribution in [3.05, 3.63) is 35.4 Å². The predicted octanol–water partition coefficient (Wildman–Crippen LogP) is 4.88. The van der Waals surface area contributed by atoms with Crippen molar-refractivity contribution in [1.82, 2.24) is 0 Å². The van der Waals surface area contributed by atoms with Gasteiger partial charge in [-0.2, -0.15) is 8.42 Å². The molecule has 0 saturated heterocycles. The van der Waals surface area contributed by atoms with Gasteiger partial charge in [-0.05, 0) is 37.8 Å². The molecule has 1 rings (SSSR count). The maximum atomic E-state index is 11.4. The molecule has 0 aliphatic rings. The molecule has 0 bridgehead atoms. The van der Waals surface area contributed by atoms with Crippen LogP contribution in [0.1, 0.15) is 76.5 Å². The highest BCUT2D eigenvalue weighted by Crippen LogP contribution is 2.24.